The zero-order chi connectivity index (χ0) is 42.2. The quantitative estimate of drug-likeness (QED) is 0.156. The van der Waals surface area contributed by atoms with Gasteiger partial charge in [-0.05, 0) is 94.5 Å². The third-order valence-electron chi connectivity index (χ3n) is 13.6. The van der Waals surface area contributed by atoms with E-state index in [0.29, 0.717) is 0 Å². The first-order chi connectivity index (χ1) is 31.8. The standard InChI is InChI=1S/C61H41N3/c1-5-20-42(21-6-1)61(43-22-7-2-8-23-43)53-31-16-13-30-52(53)60-54(61)32-19-35-57(60)62(44-24-9-3-10-25-44)46-36-38-50-51-39-37-47(41-59(51)63(58(50)40-46)45-26-11-4-12-27-45)64-55-33-17-14-28-48(55)49-29-15-18-34-56(49)64/h1-41H. The fraction of sp³-hybridized carbons (Fsp3) is 0.0164. The Hall–Kier alpha value is -8.40. The van der Waals surface area contributed by atoms with E-state index in [1.54, 1.807) is 0 Å². The molecule has 0 saturated carbocycles. The molecule has 1 aliphatic rings. The van der Waals surface area contributed by atoms with Gasteiger partial charge in [0.05, 0.1) is 33.2 Å². The van der Waals surface area contributed by atoms with Gasteiger partial charge in [0.25, 0.3) is 0 Å². The second-order valence-electron chi connectivity index (χ2n) is 16.8. The molecule has 2 heterocycles. The van der Waals surface area contributed by atoms with Gasteiger partial charge in [-0.15, -0.1) is 0 Å². The molecule has 64 heavy (non-hydrogen) atoms. The predicted octanol–water partition coefficient (Wildman–Crippen LogP) is 15.7. The molecule has 3 heteroatoms. The van der Waals surface area contributed by atoms with E-state index in [-0.39, 0.29) is 0 Å². The number of anilines is 3. The van der Waals surface area contributed by atoms with E-state index in [4.69, 9.17) is 0 Å². The number of aromatic nitrogens is 2. The van der Waals surface area contributed by atoms with Gasteiger partial charge >= 0.3 is 0 Å². The molecule has 1 aliphatic carbocycles. The molecule has 0 fully saturated rings. The largest absolute Gasteiger partial charge is 0.310 e. The summed E-state index contributed by atoms with van der Waals surface area (Å²) in [5.41, 5.74) is 17.4. The Labute approximate surface area is 372 Å². The van der Waals surface area contributed by atoms with Gasteiger partial charge in [-0.25, -0.2) is 0 Å². The van der Waals surface area contributed by atoms with Crippen LogP contribution >= 0.6 is 0 Å². The maximum absolute atomic E-state index is 2.47. The number of hydrogen-bond donors (Lipinski definition) is 0. The molecule has 0 N–H and O–H groups in total. The lowest BCUT2D eigenvalue weighted by atomic mass is 9.68. The number of nitrogens with zero attached hydrogens (tertiary/aromatic N) is 3. The van der Waals surface area contributed by atoms with Crippen LogP contribution in [0.3, 0.4) is 0 Å². The molecule has 0 spiro atoms. The van der Waals surface area contributed by atoms with Crippen molar-refractivity contribution in [3.8, 4) is 22.5 Å². The minimum absolute atomic E-state index is 0.509. The highest BCUT2D eigenvalue weighted by Crippen LogP contribution is 2.59. The molecule has 0 atom stereocenters. The summed E-state index contributed by atoms with van der Waals surface area (Å²) in [6.45, 7) is 0. The second-order valence-corrected chi connectivity index (χ2v) is 16.8. The van der Waals surface area contributed by atoms with Crippen molar-refractivity contribution in [1.82, 2.24) is 9.13 Å². The summed E-state index contributed by atoms with van der Waals surface area (Å²) in [5, 5.41) is 4.94. The van der Waals surface area contributed by atoms with Gasteiger partial charge < -0.3 is 14.0 Å². The summed E-state index contributed by atoms with van der Waals surface area (Å²) >= 11 is 0. The summed E-state index contributed by atoms with van der Waals surface area (Å²) in [5.74, 6) is 0. The third-order valence-corrected chi connectivity index (χ3v) is 13.6. The minimum Gasteiger partial charge on any atom is -0.310 e. The van der Waals surface area contributed by atoms with Crippen molar-refractivity contribution >= 4 is 60.7 Å². The first kappa shape index (κ1) is 36.3. The van der Waals surface area contributed by atoms with Crippen LogP contribution < -0.4 is 4.90 Å². The molecule has 0 radical (unpaired) electrons. The zero-order valence-electron chi connectivity index (χ0n) is 35.0. The van der Waals surface area contributed by atoms with Crippen LogP contribution in [0, 0.1) is 0 Å². The van der Waals surface area contributed by atoms with Crippen LogP contribution in [0.5, 0.6) is 0 Å². The van der Waals surface area contributed by atoms with Crippen LogP contribution in [0.2, 0.25) is 0 Å². The van der Waals surface area contributed by atoms with Crippen molar-refractivity contribution in [3.63, 3.8) is 0 Å². The van der Waals surface area contributed by atoms with Crippen molar-refractivity contribution < 1.29 is 0 Å². The van der Waals surface area contributed by atoms with E-state index < -0.39 is 5.41 Å². The van der Waals surface area contributed by atoms with Crippen LogP contribution in [0.4, 0.5) is 17.1 Å². The highest BCUT2D eigenvalue weighted by molar-refractivity contribution is 6.13. The molecule has 2 aromatic heterocycles. The van der Waals surface area contributed by atoms with Gasteiger partial charge in [0.15, 0.2) is 0 Å². The maximum atomic E-state index is 2.47. The highest BCUT2D eigenvalue weighted by atomic mass is 15.1. The lowest BCUT2D eigenvalue weighted by molar-refractivity contribution is 0.768. The second kappa shape index (κ2) is 14.3. The van der Waals surface area contributed by atoms with E-state index in [1.165, 1.54) is 66.0 Å². The monoisotopic (exact) mass is 815 g/mol. The Morgan fingerprint density at radius 2 is 0.812 bits per heavy atom. The summed E-state index contributed by atoms with van der Waals surface area (Å²) in [6.07, 6.45) is 0. The van der Waals surface area contributed by atoms with Gasteiger partial charge in [-0.3, -0.25) is 0 Å². The van der Waals surface area contributed by atoms with Crippen molar-refractivity contribution in [2.45, 2.75) is 5.41 Å². The van der Waals surface area contributed by atoms with Gasteiger partial charge in [0.1, 0.15) is 0 Å². The van der Waals surface area contributed by atoms with E-state index >= 15 is 0 Å². The Balaban J connectivity index is 1.08. The average molecular weight is 816 g/mol. The SMILES string of the molecule is c1ccc(N(c2ccc3c4ccc(-n5c6ccccc6c6ccccc65)cc4n(-c4ccccc4)c3c2)c2cccc3c2-c2ccccc2C3(c2ccccc2)c2ccccc2)cc1. The molecule has 13 rings (SSSR count). The lowest BCUT2D eigenvalue weighted by Crippen LogP contribution is -2.28. The van der Waals surface area contributed by atoms with Crippen molar-refractivity contribution in [1.29, 1.82) is 0 Å². The van der Waals surface area contributed by atoms with E-state index in [9.17, 15) is 0 Å². The third kappa shape index (κ3) is 5.22. The summed E-state index contributed by atoms with van der Waals surface area (Å²) in [6, 6.07) is 91.3. The van der Waals surface area contributed by atoms with Crippen LogP contribution in [-0.2, 0) is 5.41 Å². The first-order valence-corrected chi connectivity index (χ1v) is 22.1. The van der Waals surface area contributed by atoms with E-state index in [2.05, 4.69) is 263 Å². The number of para-hydroxylation sites is 4. The molecule has 0 saturated heterocycles. The smallest absolute Gasteiger partial charge is 0.0714 e. The minimum atomic E-state index is -0.509. The zero-order valence-corrected chi connectivity index (χ0v) is 35.0. The fourth-order valence-electron chi connectivity index (χ4n) is 11.0. The van der Waals surface area contributed by atoms with Gasteiger partial charge in [0.2, 0.25) is 0 Å². The topological polar surface area (TPSA) is 13.1 Å². The molecule has 0 amide bonds. The predicted molar refractivity (Wildman–Crippen MR) is 267 cm³/mol. The Kier molecular flexibility index (Phi) is 8.13. The summed E-state index contributed by atoms with van der Waals surface area (Å²) in [7, 11) is 0. The summed E-state index contributed by atoms with van der Waals surface area (Å²) < 4.78 is 4.87. The number of fused-ring (bicyclic) bond motifs is 9. The highest BCUT2D eigenvalue weighted by Gasteiger charge is 2.47. The number of hydrogen-bond acceptors (Lipinski definition) is 1. The molecule has 10 aromatic carbocycles. The lowest BCUT2D eigenvalue weighted by Gasteiger charge is -2.34. The van der Waals surface area contributed by atoms with Crippen LogP contribution in [-0.4, -0.2) is 9.13 Å². The molecule has 0 aliphatic heterocycles. The van der Waals surface area contributed by atoms with Gasteiger partial charge in [0, 0.05) is 49.9 Å². The average Bonchev–Trinajstić information content (AvgIpc) is 3.99. The first-order valence-electron chi connectivity index (χ1n) is 22.1. The van der Waals surface area contributed by atoms with Crippen molar-refractivity contribution in [2.24, 2.45) is 0 Å². The van der Waals surface area contributed by atoms with Gasteiger partial charge in [-0.2, -0.15) is 0 Å². The van der Waals surface area contributed by atoms with Crippen molar-refractivity contribution in [3.05, 3.63) is 271 Å². The normalized spacial score (nSPS) is 12.8. The maximum Gasteiger partial charge on any atom is 0.0714 e. The molecule has 300 valence electrons. The summed E-state index contributed by atoms with van der Waals surface area (Å²) in [4.78, 5) is 2.47. The van der Waals surface area contributed by atoms with Crippen molar-refractivity contribution in [2.75, 3.05) is 4.90 Å². The van der Waals surface area contributed by atoms with Crippen LogP contribution in [0.25, 0.3) is 66.1 Å². The van der Waals surface area contributed by atoms with Gasteiger partial charge in [-0.1, -0.05) is 182 Å². The fourth-order valence-corrected chi connectivity index (χ4v) is 11.0. The molecular formula is C61H41N3. The number of rotatable bonds is 7. The van der Waals surface area contributed by atoms with E-state index in [1.807, 2.05) is 0 Å². The molecular weight excluding hydrogens is 775 g/mol. The van der Waals surface area contributed by atoms with Crippen LogP contribution in [0.1, 0.15) is 22.3 Å². The van der Waals surface area contributed by atoms with Crippen LogP contribution in [0.15, 0.2) is 249 Å². The Bertz CT molecular complexity index is 3620. The Morgan fingerprint density at radius 3 is 1.48 bits per heavy atom. The van der Waals surface area contributed by atoms with E-state index in [0.717, 1.165) is 39.5 Å². The molecule has 0 unspecified atom stereocenters. The molecule has 3 nitrogen and oxygen atoms in total. The molecule has 12 aromatic rings. The Morgan fingerprint density at radius 1 is 0.312 bits per heavy atom. The molecule has 0 bridgehead atoms. The number of benzene rings is 10.